The average Bonchev–Trinajstić information content (AvgIpc) is 2.37. The second kappa shape index (κ2) is 5.78. The molecule has 0 unspecified atom stereocenters. The summed E-state index contributed by atoms with van der Waals surface area (Å²) in [7, 11) is 0. The zero-order valence-corrected chi connectivity index (χ0v) is 11.0. The fourth-order valence-electron chi connectivity index (χ4n) is 1.67. The highest BCUT2D eigenvalue weighted by atomic mass is 32.2. The molecule has 1 heterocycles. The molecule has 18 heavy (non-hydrogen) atoms. The van der Waals surface area contributed by atoms with Crippen LogP contribution in [0.2, 0.25) is 0 Å². The average molecular weight is 261 g/mol. The highest BCUT2D eigenvalue weighted by Gasteiger charge is 2.05. The molecule has 0 aromatic heterocycles. The van der Waals surface area contributed by atoms with Crippen molar-refractivity contribution in [3.05, 3.63) is 51.8 Å². The number of rotatable bonds is 4. The van der Waals surface area contributed by atoms with E-state index in [1.54, 1.807) is 36.0 Å². The van der Waals surface area contributed by atoms with Gasteiger partial charge in [-0.3, -0.25) is 0 Å². The van der Waals surface area contributed by atoms with E-state index in [9.17, 15) is 4.79 Å². The summed E-state index contributed by atoms with van der Waals surface area (Å²) >= 11 is 1.78. The zero-order valence-electron chi connectivity index (χ0n) is 10.1. The number of carbonyl (C=O) groups is 1. The molecule has 2 N–H and O–H groups in total. The molecule has 3 nitrogen and oxygen atoms in total. The number of aromatic carboxylic acids is 1. The first-order valence-electron chi connectivity index (χ1n) is 5.76. The van der Waals surface area contributed by atoms with Crippen molar-refractivity contribution in [1.82, 2.24) is 0 Å². The third-order valence-corrected chi connectivity index (χ3v) is 3.70. The van der Waals surface area contributed by atoms with Crippen LogP contribution in [0, 0.1) is 0 Å². The molecule has 0 aliphatic carbocycles. The second-order valence-corrected chi connectivity index (χ2v) is 5.43. The molecule has 0 saturated heterocycles. The van der Waals surface area contributed by atoms with E-state index in [1.165, 1.54) is 9.81 Å². The number of carboxylic acid groups (broad SMARTS) is 1. The third-order valence-electron chi connectivity index (χ3n) is 2.64. The molecule has 0 saturated carbocycles. The maximum Gasteiger partial charge on any atom is 0.335 e. The van der Waals surface area contributed by atoms with E-state index in [-0.39, 0.29) is 0 Å². The van der Waals surface area contributed by atoms with Gasteiger partial charge in [-0.15, -0.1) is 0 Å². The first-order valence-corrected chi connectivity index (χ1v) is 6.57. The molecule has 0 spiro atoms. The van der Waals surface area contributed by atoms with E-state index in [1.807, 2.05) is 0 Å². The molecule has 0 bridgehead atoms. The number of nitrogens with one attached hydrogen (secondary N) is 1. The summed E-state index contributed by atoms with van der Waals surface area (Å²) in [6, 6.07) is 6.80. The number of carboxylic acids is 1. The zero-order chi connectivity index (χ0) is 13.0. The standard InChI is InChI=1S/C14H15NO2S/c1-10-3-2-4-13(18-10)9-15-12-7-5-11(6-8-12)14(16)17/h3-8,15H,2,9H2,1H3,(H,16,17). The maximum atomic E-state index is 10.7. The Morgan fingerprint density at radius 2 is 2.06 bits per heavy atom. The van der Waals surface area contributed by atoms with Crippen LogP contribution in [0.1, 0.15) is 23.7 Å². The van der Waals surface area contributed by atoms with Crippen LogP contribution in [0.3, 0.4) is 0 Å². The first-order chi connectivity index (χ1) is 8.65. The van der Waals surface area contributed by atoms with Gasteiger partial charge in [-0.1, -0.05) is 23.9 Å². The van der Waals surface area contributed by atoms with Crippen LogP contribution in [0.15, 0.2) is 46.2 Å². The van der Waals surface area contributed by atoms with Gasteiger partial charge in [-0.2, -0.15) is 0 Å². The minimum absolute atomic E-state index is 0.311. The van der Waals surface area contributed by atoms with Crippen molar-refractivity contribution in [3.63, 3.8) is 0 Å². The normalized spacial score (nSPS) is 14.7. The highest BCUT2D eigenvalue weighted by Crippen LogP contribution is 2.29. The van der Waals surface area contributed by atoms with Crippen molar-refractivity contribution >= 4 is 23.4 Å². The van der Waals surface area contributed by atoms with Crippen LogP contribution >= 0.6 is 11.8 Å². The molecule has 0 fully saturated rings. The van der Waals surface area contributed by atoms with Crippen molar-refractivity contribution in [3.8, 4) is 0 Å². The quantitative estimate of drug-likeness (QED) is 0.867. The van der Waals surface area contributed by atoms with E-state index < -0.39 is 5.97 Å². The molecule has 0 atom stereocenters. The number of anilines is 1. The van der Waals surface area contributed by atoms with Gasteiger partial charge in [0.2, 0.25) is 0 Å². The third kappa shape index (κ3) is 3.40. The van der Waals surface area contributed by atoms with E-state index >= 15 is 0 Å². The van der Waals surface area contributed by atoms with Crippen molar-refractivity contribution in [2.24, 2.45) is 0 Å². The van der Waals surface area contributed by atoms with Crippen LogP contribution in [0.5, 0.6) is 0 Å². The highest BCUT2D eigenvalue weighted by molar-refractivity contribution is 8.06. The van der Waals surface area contributed by atoms with Crippen LogP contribution in [0.25, 0.3) is 0 Å². The lowest BCUT2D eigenvalue weighted by Crippen LogP contribution is -2.04. The van der Waals surface area contributed by atoms with Gasteiger partial charge >= 0.3 is 5.97 Å². The summed E-state index contributed by atoms with van der Waals surface area (Å²) in [5.74, 6) is -0.896. The first kappa shape index (κ1) is 12.8. The van der Waals surface area contributed by atoms with Crippen LogP contribution < -0.4 is 5.32 Å². The number of allylic oxidation sites excluding steroid dienone is 3. The molecule has 2 rings (SSSR count). The summed E-state index contributed by atoms with van der Waals surface area (Å²) in [5, 5.41) is 12.1. The summed E-state index contributed by atoms with van der Waals surface area (Å²) < 4.78 is 0. The molecule has 1 aromatic carbocycles. The summed E-state index contributed by atoms with van der Waals surface area (Å²) in [6.07, 6.45) is 5.40. The number of thioether (sulfide) groups is 1. The van der Waals surface area contributed by atoms with Gasteiger partial charge < -0.3 is 10.4 Å². The molecule has 94 valence electrons. The van der Waals surface area contributed by atoms with Gasteiger partial charge in [0.1, 0.15) is 0 Å². The lowest BCUT2D eigenvalue weighted by Gasteiger charge is -2.13. The molecular weight excluding hydrogens is 246 g/mol. The Morgan fingerprint density at radius 3 is 2.67 bits per heavy atom. The molecule has 0 amide bonds. The Balaban J connectivity index is 1.90. The van der Waals surface area contributed by atoms with E-state index in [2.05, 4.69) is 24.4 Å². The Bertz CT molecular complexity index is 503. The van der Waals surface area contributed by atoms with Crippen molar-refractivity contribution in [2.45, 2.75) is 13.3 Å². The fraction of sp³-hybridized carbons (Fsp3) is 0.214. The summed E-state index contributed by atoms with van der Waals surface area (Å²) in [6.45, 7) is 2.89. The smallest absolute Gasteiger partial charge is 0.335 e. The summed E-state index contributed by atoms with van der Waals surface area (Å²) in [4.78, 5) is 13.3. The predicted octanol–water partition coefficient (Wildman–Crippen LogP) is 3.72. The Morgan fingerprint density at radius 1 is 1.33 bits per heavy atom. The van der Waals surface area contributed by atoms with E-state index in [0.29, 0.717) is 5.56 Å². The molecule has 4 heteroatoms. The van der Waals surface area contributed by atoms with Crippen LogP contribution in [0.4, 0.5) is 5.69 Å². The van der Waals surface area contributed by atoms with Crippen molar-refractivity contribution in [1.29, 1.82) is 0 Å². The second-order valence-electron chi connectivity index (χ2n) is 4.06. The van der Waals surface area contributed by atoms with Gasteiger partial charge in [0.15, 0.2) is 0 Å². The topological polar surface area (TPSA) is 49.3 Å². The van der Waals surface area contributed by atoms with Gasteiger partial charge in [0.25, 0.3) is 0 Å². The Hall–Kier alpha value is -1.68. The Labute approximate surface area is 111 Å². The SMILES string of the molecule is CC1=CCC=C(CNc2ccc(C(=O)O)cc2)S1. The molecule has 0 radical (unpaired) electrons. The largest absolute Gasteiger partial charge is 0.478 e. The molecular formula is C14H15NO2S. The van der Waals surface area contributed by atoms with Crippen LogP contribution in [-0.2, 0) is 0 Å². The minimum atomic E-state index is -0.896. The van der Waals surface area contributed by atoms with Crippen molar-refractivity contribution in [2.75, 3.05) is 11.9 Å². The monoisotopic (exact) mass is 261 g/mol. The predicted molar refractivity (Wildman–Crippen MR) is 75.9 cm³/mol. The molecule has 1 aliphatic rings. The summed E-state index contributed by atoms with van der Waals surface area (Å²) in [5.41, 5.74) is 1.25. The van der Waals surface area contributed by atoms with Gasteiger partial charge in [0.05, 0.1) is 5.56 Å². The van der Waals surface area contributed by atoms with Gasteiger partial charge in [-0.25, -0.2) is 4.79 Å². The molecule has 1 aromatic rings. The number of hydrogen-bond acceptors (Lipinski definition) is 3. The number of benzene rings is 1. The Kier molecular flexibility index (Phi) is 4.10. The van der Waals surface area contributed by atoms with Crippen LogP contribution in [-0.4, -0.2) is 17.6 Å². The van der Waals surface area contributed by atoms with Gasteiger partial charge in [-0.05, 0) is 42.5 Å². The lowest BCUT2D eigenvalue weighted by atomic mass is 10.2. The fourth-order valence-corrected chi connectivity index (χ4v) is 2.59. The van der Waals surface area contributed by atoms with E-state index in [0.717, 1.165) is 18.7 Å². The lowest BCUT2D eigenvalue weighted by molar-refractivity contribution is 0.0697. The van der Waals surface area contributed by atoms with Crippen molar-refractivity contribution < 1.29 is 9.90 Å². The maximum absolute atomic E-state index is 10.7. The number of hydrogen-bond donors (Lipinski definition) is 2. The van der Waals surface area contributed by atoms with Gasteiger partial charge in [0, 0.05) is 17.1 Å². The minimum Gasteiger partial charge on any atom is -0.478 e. The van der Waals surface area contributed by atoms with E-state index in [4.69, 9.17) is 5.11 Å². The molecule has 1 aliphatic heterocycles.